The SMILES string of the molecule is CO[C@H](CC(=O)C(C)(C)C)[C@@H](C)Sc1ccccc1. The van der Waals surface area contributed by atoms with E-state index in [2.05, 4.69) is 19.1 Å². The van der Waals surface area contributed by atoms with Crippen LogP contribution >= 0.6 is 11.8 Å². The largest absolute Gasteiger partial charge is 0.380 e. The number of carbonyl (C=O) groups excluding carboxylic acids is 1. The molecule has 1 aromatic carbocycles. The number of methoxy groups -OCH3 is 1. The quantitative estimate of drug-likeness (QED) is 0.731. The molecular formula is C16H24O2S. The van der Waals surface area contributed by atoms with Gasteiger partial charge in [0, 0.05) is 29.1 Å². The molecule has 0 spiro atoms. The van der Waals surface area contributed by atoms with Gasteiger partial charge in [0.25, 0.3) is 0 Å². The molecule has 0 aliphatic carbocycles. The summed E-state index contributed by atoms with van der Waals surface area (Å²) >= 11 is 1.75. The van der Waals surface area contributed by atoms with Crippen molar-refractivity contribution in [1.82, 2.24) is 0 Å². The molecule has 0 fully saturated rings. The van der Waals surface area contributed by atoms with Crippen LogP contribution in [0.2, 0.25) is 0 Å². The van der Waals surface area contributed by atoms with Gasteiger partial charge in [0.1, 0.15) is 5.78 Å². The zero-order valence-electron chi connectivity index (χ0n) is 12.5. The van der Waals surface area contributed by atoms with Crippen LogP contribution in [0.25, 0.3) is 0 Å². The molecule has 106 valence electrons. The fourth-order valence-electron chi connectivity index (χ4n) is 1.72. The summed E-state index contributed by atoms with van der Waals surface area (Å²) < 4.78 is 5.51. The van der Waals surface area contributed by atoms with Gasteiger partial charge in [-0.05, 0) is 12.1 Å². The molecule has 0 unspecified atom stereocenters. The molecule has 2 atom stereocenters. The van der Waals surface area contributed by atoms with Gasteiger partial charge in [0.2, 0.25) is 0 Å². The van der Waals surface area contributed by atoms with Crippen molar-refractivity contribution in [2.45, 2.75) is 50.4 Å². The Morgan fingerprint density at radius 3 is 2.32 bits per heavy atom. The second kappa shape index (κ2) is 7.11. The highest BCUT2D eigenvalue weighted by Gasteiger charge is 2.27. The van der Waals surface area contributed by atoms with Crippen LogP contribution in [0.3, 0.4) is 0 Å². The third kappa shape index (κ3) is 5.37. The molecule has 3 heteroatoms. The van der Waals surface area contributed by atoms with Crippen molar-refractivity contribution in [2.24, 2.45) is 5.41 Å². The second-order valence-corrected chi connectivity index (χ2v) is 7.24. The van der Waals surface area contributed by atoms with Gasteiger partial charge in [-0.25, -0.2) is 0 Å². The van der Waals surface area contributed by atoms with E-state index in [0.717, 1.165) is 0 Å². The average Bonchev–Trinajstić information content (AvgIpc) is 2.35. The number of ether oxygens (including phenoxy) is 1. The Kier molecular flexibility index (Phi) is 6.08. The minimum Gasteiger partial charge on any atom is -0.380 e. The van der Waals surface area contributed by atoms with Gasteiger partial charge >= 0.3 is 0 Å². The minimum absolute atomic E-state index is 0.0445. The standard InChI is InChI=1S/C16H24O2S/c1-12(19-13-9-7-6-8-10-13)14(18-5)11-15(17)16(2,3)4/h6-10,12,14H,11H2,1-5H3/t12-,14-/m1/s1. The molecule has 0 aliphatic heterocycles. The summed E-state index contributed by atoms with van der Waals surface area (Å²) in [5.41, 5.74) is -0.298. The molecule has 0 amide bonds. The second-order valence-electron chi connectivity index (χ2n) is 5.79. The van der Waals surface area contributed by atoms with E-state index in [1.165, 1.54) is 4.90 Å². The number of benzene rings is 1. The van der Waals surface area contributed by atoms with Gasteiger partial charge in [-0.2, -0.15) is 0 Å². The molecule has 0 N–H and O–H groups in total. The van der Waals surface area contributed by atoms with Gasteiger partial charge < -0.3 is 4.74 Å². The Morgan fingerprint density at radius 2 is 1.84 bits per heavy atom. The molecule has 1 rings (SSSR count). The Balaban J connectivity index is 2.62. The van der Waals surface area contributed by atoms with Gasteiger partial charge in [-0.15, -0.1) is 11.8 Å². The van der Waals surface area contributed by atoms with E-state index >= 15 is 0 Å². The number of hydrogen-bond acceptors (Lipinski definition) is 3. The van der Waals surface area contributed by atoms with Gasteiger partial charge in [0.05, 0.1) is 6.10 Å². The van der Waals surface area contributed by atoms with Crippen LogP contribution in [-0.2, 0) is 9.53 Å². The van der Waals surface area contributed by atoms with Crippen LogP contribution in [-0.4, -0.2) is 24.2 Å². The zero-order chi connectivity index (χ0) is 14.5. The molecule has 0 saturated carbocycles. The van der Waals surface area contributed by atoms with E-state index in [9.17, 15) is 4.79 Å². The topological polar surface area (TPSA) is 26.3 Å². The molecule has 19 heavy (non-hydrogen) atoms. The van der Waals surface area contributed by atoms with Crippen LogP contribution in [0.1, 0.15) is 34.1 Å². The van der Waals surface area contributed by atoms with E-state index in [4.69, 9.17) is 4.74 Å². The normalized spacial score (nSPS) is 15.0. The van der Waals surface area contributed by atoms with E-state index in [0.29, 0.717) is 6.42 Å². The first-order valence-corrected chi connectivity index (χ1v) is 7.50. The van der Waals surface area contributed by atoms with E-state index < -0.39 is 0 Å². The first-order chi connectivity index (χ1) is 8.84. The Bertz CT molecular complexity index is 395. The van der Waals surface area contributed by atoms with Gasteiger partial charge in [-0.1, -0.05) is 45.9 Å². The van der Waals surface area contributed by atoms with Gasteiger partial charge in [-0.3, -0.25) is 4.79 Å². The summed E-state index contributed by atoms with van der Waals surface area (Å²) in [5, 5.41) is 0.249. The maximum atomic E-state index is 12.1. The van der Waals surface area contributed by atoms with Crippen molar-refractivity contribution in [1.29, 1.82) is 0 Å². The van der Waals surface area contributed by atoms with Crippen molar-refractivity contribution in [2.75, 3.05) is 7.11 Å². The summed E-state index contributed by atoms with van der Waals surface area (Å²) in [7, 11) is 1.68. The van der Waals surface area contributed by atoms with E-state index in [1.54, 1.807) is 18.9 Å². The van der Waals surface area contributed by atoms with Crippen molar-refractivity contribution in [3.8, 4) is 0 Å². The summed E-state index contributed by atoms with van der Waals surface area (Å²) in [6.07, 6.45) is 0.429. The predicted molar refractivity (Wildman–Crippen MR) is 81.6 cm³/mol. The lowest BCUT2D eigenvalue weighted by atomic mass is 9.87. The minimum atomic E-state index is -0.298. The summed E-state index contributed by atoms with van der Waals surface area (Å²) in [4.78, 5) is 13.3. The Labute approximate surface area is 120 Å². The molecule has 0 aromatic heterocycles. The number of rotatable bonds is 6. The van der Waals surface area contributed by atoms with Crippen LogP contribution < -0.4 is 0 Å². The van der Waals surface area contributed by atoms with Crippen LogP contribution in [0.15, 0.2) is 35.2 Å². The molecule has 2 nitrogen and oxygen atoms in total. The highest BCUT2D eigenvalue weighted by Crippen LogP contribution is 2.29. The Morgan fingerprint density at radius 1 is 1.26 bits per heavy atom. The first kappa shape index (κ1) is 16.3. The molecular weight excluding hydrogens is 256 g/mol. The molecule has 0 radical (unpaired) electrons. The number of carbonyl (C=O) groups is 1. The van der Waals surface area contributed by atoms with Crippen molar-refractivity contribution in [3.05, 3.63) is 30.3 Å². The third-order valence-corrected chi connectivity index (χ3v) is 4.33. The van der Waals surface area contributed by atoms with Crippen molar-refractivity contribution in [3.63, 3.8) is 0 Å². The number of Topliss-reactive ketones (excluding diaryl/α,β-unsaturated/α-hetero) is 1. The summed E-state index contributed by atoms with van der Waals surface area (Å²) in [6.45, 7) is 7.98. The number of ketones is 1. The maximum absolute atomic E-state index is 12.1. The average molecular weight is 280 g/mol. The maximum Gasteiger partial charge on any atom is 0.140 e. The lowest BCUT2D eigenvalue weighted by Crippen LogP contribution is -2.31. The molecule has 1 aromatic rings. The molecule has 0 heterocycles. The Hall–Kier alpha value is -0.800. The monoisotopic (exact) mass is 280 g/mol. The lowest BCUT2D eigenvalue weighted by Gasteiger charge is -2.25. The smallest absolute Gasteiger partial charge is 0.140 e. The summed E-state index contributed by atoms with van der Waals surface area (Å²) in [5.74, 6) is 0.250. The lowest BCUT2D eigenvalue weighted by molar-refractivity contribution is -0.128. The van der Waals surface area contributed by atoms with E-state index in [1.807, 2.05) is 39.0 Å². The third-order valence-electron chi connectivity index (χ3n) is 3.11. The zero-order valence-corrected chi connectivity index (χ0v) is 13.3. The van der Waals surface area contributed by atoms with Crippen LogP contribution in [0, 0.1) is 5.41 Å². The molecule has 0 bridgehead atoms. The fourth-order valence-corrected chi connectivity index (χ4v) is 2.82. The first-order valence-electron chi connectivity index (χ1n) is 6.62. The van der Waals surface area contributed by atoms with E-state index in [-0.39, 0.29) is 22.6 Å². The highest BCUT2D eigenvalue weighted by atomic mass is 32.2. The van der Waals surface area contributed by atoms with Gasteiger partial charge in [0.15, 0.2) is 0 Å². The predicted octanol–water partition coefficient (Wildman–Crippen LogP) is 4.19. The molecule has 0 aliphatic rings. The molecule has 0 saturated heterocycles. The summed E-state index contributed by atoms with van der Waals surface area (Å²) in [6, 6.07) is 10.2. The van der Waals surface area contributed by atoms with Crippen LogP contribution in [0.5, 0.6) is 0 Å². The number of hydrogen-bond donors (Lipinski definition) is 0. The van der Waals surface area contributed by atoms with Crippen molar-refractivity contribution < 1.29 is 9.53 Å². The highest BCUT2D eigenvalue weighted by molar-refractivity contribution is 8.00. The van der Waals surface area contributed by atoms with Crippen molar-refractivity contribution >= 4 is 17.5 Å². The number of thioether (sulfide) groups is 1. The van der Waals surface area contributed by atoms with Crippen LogP contribution in [0.4, 0.5) is 0 Å². The fraction of sp³-hybridized carbons (Fsp3) is 0.562.